The number of pyridine rings is 1. The first kappa shape index (κ1) is 13.3. The van der Waals surface area contributed by atoms with Gasteiger partial charge in [0.1, 0.15) is 6.10 Å². The van der Waals surface area contributed by atoms with Crippen molar-refractivity contribution in [1.29, 1.82) is 0 Å². The van der Waals surface area contributed by atoms with Gasteiger partial charge in [-0.2, -0.15) is 0 Å². The minimum absolute atomic E-state index is 0.213. The molecule has 0 aliphatic heterocycles. The van der Waals surface area contributed by atoms with Crippen LogP contribution in [0.3, 0.4) is 0 Å². The van der Waals surface area contributed by atoms with Gasteiger partial charge in [0.15, 0.2) is 11.5 Å². The summed E-state index contributed by atoms with van der Waals surface area (Å²) < 4.78 is 4.37. The van der Waals surface area contributed by atoms with Crippen LogP contribution in [0.15, 0.2) is 35.3 Å². The lowest BCUT2D eigenvalue weighted by atomic mass is 10.0. The van der Waals surface area contributed by atoms with E-state index < -0.39 is 18.2 Å². The summed E-state index contributed by atoms with van der Waals surface area (Å²) in [6.45, 7) is 0. The molecule has 0 saturated heterocycles. The Morgan fingerprint density at radius 1 is 1.32 bits per heavy atom. The Morgan fingerprint density at radius 2 is 2.05 bits per heavy atom. The second-order valence-corrected chi connectivity index (χ2v) is 4.02. The molecule has 0 fully saturated rings. The zero-order valence-electron chi connectivity index (χ0n) is 10.2. The van der Waals surface area contributed by atoms with Gasteiger partial charge in [0.2, 0.25) is 0 Å². The quantitative estimate of drug-likeness (QED) is 0.682. The van der Waals surface area contributed by atoms with E-state index in [9.17, 15) is 19.8 Å². The largest absolute Gasteiger partial charge is 0.467 e. The molecule has 0 bridgehead atoms. The van der Waals surface area contributed by atoms with Gasteiger partial charge >= 0.3 is 5.97 Å². The number of hydrogen-bond acceptors (Lipinski definition) is 5. The zero-order valence-corrected chi connectivity index (χ0v) is 10.2. The van der Waals surface area contributed by atoms with Crippen molar-refractivity contribution in [2.45, 2.75) is 12.2 Å². The molecule has 0 saturated carbocycles. The summed E-state index contributed by atoms with van der Waals surface area (Å²) in [5.41, 5.74) is 0.425. The van der Waals surface area contributed by atoms with Crippen LogP contribution in [-0.4, -0.2) is 34.4 Å². The summed E-state index contributed by atoms with van der Waals surface area (Å²) in [6, 6.07) is 6.04. The fourth-order valence-electron chi connectivity index (χ4n) is 1.89. The molecule has 6 nitrogen and oxygen atoms in total. The Labute approximate surface area is 108 Å². The predicted octanol–water partition coefficient (Wildman–Crippen LogP) is 0.0954. The number of para-hydroxylation sites is 1. The first-order chi connectivity index (χ1) is 9.06. The second-order valence-electron chi connectivity index (χ2n) is 4.02. The average Bonchev–Trinajstić information content (AvgIpc) is 2.45. The van der Waals surface area contributed by atoms with E-state index in [0.717, 1.165) is 7.11 Å². The third-order valence-corrected chi connectivity index (χ3v) is 2.88. The van der Waals surface area contributed by atoms with Crippen LogP contribution in [0.25, 0.3) is 10.9 Å². The molecule has 1 aromatic heterocycles. The van der Waals surface area contributed by atoms with Gasteiger partial charge in [-0.15, -0.1) is 0 Å². The topological polar surface area (TPSA) is 99.6 Å². The highest BCUT2D eigenvalue weighted by Gasteiger charge is 2.28. The number of aliphatic hydroxyl groups is 2. The minimum atomic E-state index is -1.71. The first-order valence-electron chi connectivity index (χ1n) is 5.60. The van der Waals surface area contributed by atoms with Crippen molar-refractivity contribution < 1.29 is 19.7 Å². The van der Waals surface area contributed by atoms with E-state index in [1.54, 1.807) is 12.1 Å². The standard InChI is InChI=1S/C13H13NO5/c1-19-13(18)12(17)11(16)8-4-2-3-7-9(15)5-6-14-10(7)8/h2-6,11-12,16-17H,1H3,(H,14,15). The number of aromatic nitrogens is 1. The predicted molar refractivity (Wildman–Crippen MR) is 67.6 cm³/mol. The normalized spacial score (nSPS) is 14.1. The second kappa shape index (κ2) is 5.21. The van der Waals surface area contributed by atoms with Crippen molar-refractivity contribution in [3.8, 4) is 0 Å². The maximum Gasteiger partial charge on any atom is 0.337 e. The number of H-pyrrole nitrogens is 1. The number of hydrogen-bond donors (Lipinski definition) is 3. The molecule has 1 heterocycles. The van der Waals surface area contributed by atoms with E-state index in [2.05, 4.69) is 9.72 Å². The lowest BCUT2D eigenvalue weighted by Crippen LogP contribution is -2.29. The molecule has 6 heteroatoms. The van der Waals surface area contributed by atoms with E-state index in [1.807, 2.05) is 0 Å². The summed E-state index contributed by atoms with van der Waals surface area (Å²) in [6.07, 6.45) is -1.75. The molecule has 0 spiro atoms. The number of nitrogens with one attached hydrogen (secondary N) is 1. The van der Waals surface area contributed by atoms with E-state index in [-0.39, 0.29) is 11.0 Å². The van der Waals surface area contributed by atoms with Gasteiger partial charge in [-0.1, -0.05) is 12.1 Å². The van der Waals surface area contributed by atoms with Gasteiger partial charge in [-0.25, -0.2) is 4.79 Å². The Morgan fingerprint density at radius 3 is 2.74 bits per heavy atom. The molecular weight excluding hydrogens is 250 g/mol. The number of esters is 1. The van der Waals surface area contributed by atoms with Crippen molar-refractivity contribution in [3.05, 3.63) is 46.2 Å². The van der Waals surface area contributed by atoms with E-state index >= 15 is 0 Å². The molecule has 100 valence electrons. The maximum absolute atomic E-state index is 11.7. The van der Waals surface area contributed by atoms with Crippen molar-refractivity contribution in [3.63, 3.8) is 0 Å². The van der Waals surface area contributed by atoms with Gasteiger partial charge < -0.3 is 19.9 Å². The van der Waals surface area contributed by atoms with Crippen LogP contribution in [0.4, 0.5) is 0 Å². The number of carbonyl (C=O) groups is 1. The number of aliphatic hydroxyl groups excluding tert-OH is 2. The van der Waals surface area contributed by atoms with Gasteiger partial charge in [0.25, 0.3) is 0 Å². The fourth-order valence-corrected chi connectivity index (χ4v) is 1.89. The highest BCUT2D eigenvalue weighted by molar-refractivity contribution is 5.83. The summed E-state index contributed by atoms with van der Waals surface area (Å²) in [5, 5.41) is 20.0. The van der Waals surface area contributed by atoms with Crippen LogP contribution in [0.5, 0.6) is 0 Å². The third kappa shape index (κ3) is 2.35. The SMILES string of the molecule is COC(=O)C(O)C(O)c1cccc2c(=O)cc[nH]c12. The molecule has 2 rings (SSSR count). The number of carbonyl (C=O) groups excluding carboxylic acids is 1. The Hall–Kier alpha value is -2.18. The number of rotatable bonds is 3. The monoisotopic (exact) mass is 263 g/mol. The fraction of sp³-hybridized carbons (Fsp3) is 0.231. The van der Waals surface area contributed by atoms with Gasteiger partial charge in [-0.05, 0) is 6.07 Å². The number of fused-ring (bicyclic) bond motifs is 1. The molecule has 0 amide bonds. The lowest BCUT2D eigenvalue weighted by Gasteiger charge is -2.17. The van der Waals surface area contributed by atoms with E-state index in [1.165, 1.54) is 18.3 Å². The van der Waals surface area contributed by atoms with Gasteiger partial charge in [0, 0.05) is 23.2 Å². The summed E-state index contributed by atoms with van der Waals surface area (Å²) >= 11 is 0. The molecule has 3 N–H and O–H groups in total. The molecular formula is C13H13NO5. The maximum atomic E-state index is 11.7. The Kier molecular flexibility index (Phi) is 3.64. The number of ether oxygens (including phenoxy) is 1. The smallest absolute Gasteiger partial charge is 0.337 e. The molecule has 2 atom stereocenters. The molecule has 0 aliphatic carbocycles. The molecule has 1 aromatic carbocycles. The zero-order chi connectivity index (χ0) is 14.0. The summed E-state index contributed by atoms with van der Waals surface area (Å²) in [7, 11) is 1.11. The third-order valence-electron chi connectivity index (χ3n) is 2.88. The molecule has 0 aliphatic rings. The number of aromatic amines is 1. The van der Waals surface area contributed by atoms with Crippen molar-refractivity contribution in [2.75, 3.05) is 7.11 Å². The van der Waals surface area contributed by atoms with E-state index in [0.29, 0.717) is 10.9 Å². The van der Waals surface area contributed by atoms with Crippen LogP contribution in [0, 0.1) is 0 Å². The summed E-state index contributed by atoms with van der Waals surface area (Å²) in [4.78, 5) is 25.7. The van der Waals surface area contributed by atoms with E-state index in [4.69, 9.17) is 0 Å². The molecule has 2 aromatic rings. The Bertz CT molecular complexity index is 663. The molecule has 2 unspecified atom stereocenters. The Balaban J connectivity index is 2.54. The van der Waals surface area contributed by atoms with Crippen molar-refractivity contribution >= 4 is 16.9 Å². The number of benzene rings is 1. The van der Waals surface area contributed by atoms with Gasteiger partial charge in [0.05, 0.1) is 12.6 Å². The van der Waals surface area contributed by atoms with Crippen LogP contribution >= 0.6 is 0 Å². The minimum Gasteiger partial charge on any atom is -0.467 e. The van der Waals surface area contributed by atoms with Crippen LogP contribution < -0.4 is 5.43 Å². The van der Waals surface area contributed by atoms with Crippen molar-refractivity contribution in [1.82, 2.24) is 4.98 Å². The summed E-state index contributed by atoms with van der Waals surface area (Å²) in [5.74, 6) is -0.942. The van der Waals surface area contributed by atoms with Crippen LogP contribution in [-0.2, 0) is 9.53 Å². The molecule has 0 radical (unpaired) electrons. The van der Waals surface area contributed by atoms with Crippen LogP contribution in [0.1, 0.15) is 11.7 Å². The highest BCUT2D eigenvalue weighted by Crippen LogP contribution is 2.23. The van der Waals surface area contributed by atoms with Crippen molar-refractivity contribution in [2.24, 2.45) is 0 Å². The first-order valence-corrected chi connectivity index (χ1v) is 5.60. The highest BCUT2D eigenvalue weighted by atomic mass is 16.5. The molecule has 19 heavy (non-hydrogen) atoms. The van der Waals surface area contributed by atoms with Gasteiger partial charge in [-0.3, -0.25) is 4.79 Å². The number of methoxy groups -OCH3 is 1. The van der Waals surface area contributed by atoms with Crippen LogP contribution in [0.2, 0.25) is 0 Å². The average molecular weight is 263 g/mol. The lowest BCUT2D eigenvalue weighted by molar-refractivity contribution is -0.156.